The molecule has 134 heavy (non-hydrogen) atoms. The molecule has 10 rings (SSSR count). The maximum atomic E-state index is 15.0. The van der Waals surface area contributed by atoms with Crippen LogP contribution in [0, 0.1) is 5.41 Å². The van der Waals surface area contributed by atoms with Gasteiger partial charge in [0.05, 0.1) is 0 Å². The Balaban J connectivity index is 1.06. The molecular weight excluding hydrogens is 1670 g/mol. The molecule has 0 radical (unpaired) electrons. The molecule has 0 aliphatic heterocycles. The van der Waals surface area contributed by atoms with Gasteiger partial charge in [0.1, 0.15) is 60.6 Å². The fraction of sp³-hybridized carbons (Fsp3) is 0.375. The third-order valence-electron chi connectivity index (χ3n) is 24.1. The number of carbonyl (C=O) groups is 5. The van der Waals surface area contributed by atoms with E-state index in [1.54, 1.807) is 78.9 Å². The van der Waals surface area contributed by atoms with Crippen molar-refractivity contribution in [1.82, 2.24) is 0 Å². The molecule has 0 atom stereocenters. The van der Waals surface area contributed by atoms with Gasteiger partial charge < -0.3 is 44.1 Å². The van der Waals surface area contributed by atoms with Crippen LogP contribution in [-0.4, -0.2) is 76.7 Å². The van der Waals surface area contributed by atoms with Gasteiger partial charge in [0, 0.05) is 58.2 Å². The molecule has 0 saturated heterocycles. The van der Waals surface area contributed by atoms with Crippen molar-refractivity contribution in [3.63, 3.8) is 0 Å². The van der Waals surface area contributed by atoms with Gasteiger partial charge in [-0.15, -0.1) is 0 Å². The van der Waals surface area contributed by atoms with Gasteiger partial charge in [0.15, 0.2) is 0 Å². The topological polar surface area (TPSA) is 212 Å². The van der Waals surface area contributed by atoms with Crippen molar-refractivity contribution in [3.05, 3.63) is 296 Å². The van der Waals surface area contributed by atoms with Crippen LogP contribution in [0.3, 0.4) is 0 Å². The van der Waals surface area contributed by atoms with Crippen LogP contribution < -0.4 is 4.74 Å². The lowest BCUT2D eigenvalue weighted by Crippen LogP contribution is -2.43. The Morgan fingerprint density at radius 3 is 0.560 bits per heavy atom. The zero-order chi connectivity index (χ0) is 99.4. The van der Waals surface area contributed by atoms with E-state index >= 15 is 4.79 Å². The molecule has 0 aliphatic rings. The lowest BCUT2D eigenvalue weighted by Gasteiger charge is -2.32. The van der Waals surface area contributed by atoms with Crippen molar-refractivity contribution in [3.8, 4) is 84.4 Å². The van der Waals surface area contributed by atoms with Crippen LogP contribution >= 0.6 is 0 Å². The molecule has 0 aromatic heterocycles. The highest BCUT2D eigenvalue weighted by Crippen LogP contribution is 2.52. The quantitative estimate of drug-likeness (QED) is 0.0192. The van der Waals surface area contributed by atoms with Crippen LogP contribution in [0.2, 0.25) is 0 Å². The van der Waals surface area contributed by atoms with E-state index in [1.165, 1.54) is 30.4 Å². The molecule has 0 amide bonds. The van der Waals surface area contributed by atoms with E-state index in [2.05, 4.69) is 220 Å². The number of hydrogen-bond donors (Lipinski definition) is 4. The zero-order valence-electron chi connectivity index (χ0n) is 84.8. The predicted octanol–water partition coefficient (Wildman–Crippen LogP) is 28.8. The van der Waals surface area contributed by atoms with Gasteiger partial charge in [0.2, 0.25) is 0 Å². The molecule has 14 nitrogen and oxygen atoms in total. The van der Waals surface area contributed by atoms with Crippen LogP contribution in [0.25, 0.3) is 86.0 Å². The minimum Gasteiger partial charge on any atom is -0.507 e. The van der Waals surface area contributed by atoms with Crippen LogP contribution in [0.5, 0.6) is 28.7 Å². The lowest BCUT2D eigenvalue weighted by molar-refractivity contribution is -0.164. The first-order chi connectivity index (χ1) is 61.9. The summed E-state index contributed by atoms with van der Waals surface area (Å²) in [5.41, 5.74) is 14.2. The van der Waals surface area contributed by atoms with E-state index in [9.17, 15) is 39.6 Å². The van der Waals surface area contributed by atoms with Crippen LogP contribution in [0.1, 0.15) is 291 Å². The Morgan fingerprint density at radius 2 is 0.381 bits per heavy atom. The normalized spacial score (nSPS) is 13.1. The number of para-hydroxylation sites is 5. The number of hydrogen-bond acceptors (Lipinski definition) is 14. The first-order valence-electron chi connectivity index (χ1n) is 46.4. The molecule has 0 heterocycles. The third-order valence-corrected chi connectivity index (χ3v) is 24.1. The summed E-state index contributed by atoms with van der Waals surface area (Å²) in [6.07, 6.45) is 15.0. The van der Waals surface area contributed by atoms with Gasteiger partial charge in [0.25, 0.3) is 0 Å². The molecule has 10 aromatic carbocycles. The van der Waals surface area contributed by atoms with Crippen molar-refractivity contribution in [1.29, 1.82) is 0 Å². The fourth-order valence-corrected chi connectivity index (χ4v) is 17.0. The minimum atomic E-state index is -1.83. The van der Waals surface area contributed by atoms with Crippen molar-refractivity contribution >= 4 is 60.2 Å². The first-order valence-corrected chi connectivity index (χ1v) is 46.4. The standard InChI is InChI=1S/C120H142O14/c1-110(2,3)85-61-75(62-86(111(4,5)6)105(85)80-41-31-36-46-95(80)121)51-56-100(125)130-71-120(72-131-101(126)57-52-76-63-87(112(7,8)9)106(88(64-76)113(10,11)12)81-42-32-37-47-96(81)122,73-132-102(127)58-53-77-65-89(114(13,14)15)107(90(66-77)115(16,17)18)82-43-33-38-48-97(82)123)74-133-103(128)59-54-78-69-93(118(25,26)27)109(94(70-78)119(28,29)30)84-45-35-40-50-99(84)134-104(129)60-55-79-67-91(116(19,20)21)108(92(68-79)117(22,23)24)83-44-34-39-49-98(83)124/h31-70,121-124H,71-74H2,1-30H3/b56-51+,57-52+,58-53+,59-54+,60-55+. The molecule has 0 spiro atoms. The van der Waals surface area contributed by atoms with Crippen molar-refractivity contribution < 1.29 is 68.1 Å². The number of phenolic OH excluding ortho intramolecular Hbond substituents is 4. The molecule has 706 valence electrons. The number of carbonyl (C=O) groups excluding carboxylic acids is 5. The number of ether oxygens (including phenoxy) is 5. The summed E-state index contributed by atoms with van der Waals surface area (Å²) >= 11 is 0. The maximum Gasteiger partial charge on any atom is 0.336 e. The molecule has 0 unspecified atom stereocenters. The molecule has 4 N–H and O–H groups in total. The van der Waals surface area contributed by atoms with Gasteiger partial charge in [-0.05, 0) is 226 Å². The lowest BCUT2D eigenvalue weighted by atomic mass is 9.73. The van der Waals surface area contributed by atoms with E-state index in [0.717, 1.165) is 94.6 Å². The summed E-state index contributed by atoms with van der Waals surface area (Å²) in [5, 5.41) is 45.5. The Hall–Kier alpha value is -12.6. The van der Waals surface area contributed by atoms with Crippen LogP contribution in [0.4, 0.5) is 0 Å². The molecule has 0 bridgehead atoms. The summed E-state index contributed by atoms with van der Waals surface area (Å²) in [4.78, 5) is 74.0. The number of benzene rings is 10. The highest BCUT2D eigenvalue weighted by atomic mass is 16.6. The number of rotatable bonds is 24. The Kier molecular flexibility index (Phi) is 30.9. The summed E-state index contributed by atoms with van der Waals surface area (Å²) in [7, 11) is 0. The Morgan fingerprint density at radius 1 is 0.224 bits per heavy atom. The largest absolute Gasteiger partial charge is 0.507 e. The SMILES string of the molecule is CC(C)(C)c1cc(/C=C/C(=O)OCC(COC(=O)/C=C/c2cc(C(C)(C)C)c(-c3ccccc3O)c(C(C)(C)C)c2)(COC(=O)/C=C/c2cc(C(C)(C)C)c(-c3ccccc3O)c(C(C)(C)C)c2)COC(=O)/C=C/c2cc(C(C)(C)C)c(-c3ccccc3OC(=O)/C=C/c3cc(C(C)(C)C)c(-c4ccccc4O)c(C(C)(C)C)c3)c(C(C)(C)C)c2)cc(C(C)(C)C)c1-c1ccccc1O. The fourth-order valence-electron chi connectivity index (χ4n) is 17.0. The van der Waals surface area contributed by atoms with E-state index in [1.807, 2.05) is 121 Å². The zero-order valence-corrected chi connectivity index (χ0v) is 84.8. The third kappa shape index (κ3) is 25.7. The number of aromatic hydroxyl groups is 4. The van der Waals surface area contributed by atoms with E-state index < -0.39 is 105 Å². The summed E-state index contributed by atoms with van der Waals surface area (Å²) in [6.45, 7) is 60.6. The van der Waals surface area contributed by atoms with Gasteiger partial charge >= 0.3 is 29.8 Å². The molecule has 10 aromatic rings. The summed E-state index contributed by atoms with van der Waals surface area (Å²) in [6, 6.07) is 56.8. The van der Waals surface area contributed by atoms with E-state index in [4.69, 9.17) is 23.7 Å². The second kappa shape index (κ2) is 39.9. The molecular formula is C120H142O14. The predicted molar refractivity (Wildman–Crippen MR) is 550 cm³/mol. The van der Waals surface area contributed by atoms with Gasteiger partial charge in [-0.3, -0.25) is 0 Å². The van der Waals surface area contributed by atoms with Crippen molar-refractivity contribution in [2.24, 2.45) is 5.41 Å². The number of esters is 5. The monoisotopic (exact) mass is 1810 g/mol. The number of phenols is 4. The average Bonchev–Trinajstić information content (AvgIpc) is 0.758. The molecule has 14 heteroatoms. The van der Waals surface area contributed by atoms with Gasteiger partial charge in [-0.2, -0.15) is 0 Å². The van der Waals surface area contributed by atoms with Gasteiger partial charge in [-0.25, -0.2) is 24.0 Å². The maximum absolute atomic E-state index is 15.0. The first kappa shape index (κ1) is 104. The Labute approximate surface area is 797 Å². The highest BCUT2D eigenvalue weighted by Gasteiger charge is 2.40. The summed E-state index contributed by atoms with van der Waals surface area (Å²) < 4.78 is 31.6. The van der Waals surface area contributed by atoms with E-state index in [0.29, 0.717) is 50.3 Å². The van der Waals surface area contributed by atoms with Crippen LogP contribution in [0.15, 0.2) is 212 Å². The van der Waals surface area contributed by atoms with Crippen molar-refractivity contribution in [2.75, 3.05) is 26.4 Å². The second-order valence-electron chi connectivity index (χ2n) is 46.0. The average molecular weight is 1810 g/mol. The van der Waals surface area contributed by atoms with Gasteiger partial charge in [-0.1, -0.05) is 359 Å². The van der Waals surface area contributed by atoms with E-state index in [-0.39, 0.29) is 33.8 Å². The highest BCUT2D eigenvalue weighted by molar-refractivity contribution is 5.94. The summed E-state index contributed by atoms with van der Waals surface area (Å²) in [5.74, 6) is -3.02. The Bertz CT molecular complexity index is 5670. The smallest absolute Gasteiger partial charge is 0.336 e. The minimum absolute atomic E-state index is 0.129. The van der Waals surface area contributed by atoms with Crippen molar-refractivity contribution in [2.45, 2.75) is 262 Å². The molecule has 0 aliphatic carbocycles. The second-order valence-corrected chi connectivity index (χ2v) is 46.0. The van der Waals surface area contributed by atoms with Crippen LogP contribution in [-0.2, 0) is 97.1 Å². The molecule has 0 saturated carbocycles. The molecule has 0 fully saturated rings.